The molecule has 100 valence electrons. The second kappa shape index (κ2) is 4.16. The van der Waals surface area contributed by atoms with Gasteiger partial charge in [-0.3, -0.25) is 0 Å². The zero-order valence-electron chi connectivity index (χ0n) is 11.9. The van der Waals surface area contributed by atoms with Gasteiger partial charge < -0.3 is 15.2 Å². The normalized spacial score (nSPS) is 25.1. The Morgan fingerprint density at radius 1 is 1.28 bits per heavy atom. The summed E-state index contributed by atoms with van der Waals surface area (Å²) in [6, 6.07) is 5.78. The molecule has 2 rings (SSSR count). The molecule has 0 aliphatic carbocycles. The van der Waals surface area contributed by atoms with Crippen molar-refractivity contribution in [2.24, 2.45) is 0 Å². The Balaban J connectivity index is 2.22. The van der Waals surface area contributed by atoms with Crippen molar-refractivity contribution in [1.29, 1.82) is 0 Å². The van der Waals surface area contributed by atoms with E-state index in [1.165, 1.54) is 0 Å². The molecule has 1 aliphatic rings. The molecule has 0 saturated carbocycles. The van der Waals surface area contributed by atoms with Crippen molar-refractivity contribution in [1.82, 2.24) is 0 Å². The molecule has 3 nitrogen and oxygen atoms in total. The minimum atomic E-state index is -0.277. The van der Waals surface area contributed by atoms with Crippen molar-refractivity contribution >= 4 is 5.69 Å². The molecular formula is C15H23NO2. The van der Waals surface area contributed by atoms with E-state index in [9.17, 15) is 0 Å². The van der Waals surface area contributed by atoms with Crippen LogP contribution in [0, 0.1) is 6.92 Å². The first-order valence-electron chi connectivity index (χ1n) is 6.43. The number of nitrogens with two attached hydrogens (primary N) is 1. The molecule has 3 heteroatoms. The average Bonchev–Trinajstić information content (AvgIpc) is 2.42. The summed E-state index contributed by atoms with van der Waals surface area (Å²) in [5.74, 6) is 0.856. The minimum Gasteiger partial charge on any atom is -0.487 e. The highest BCUT2D eigenvalue weighted by molar-refractivity contribution is 5.53. The van der Waals surface area contributed by atoms with Crippen molar-refractivity contribution in [3.63, 3.8) is 0 Å². The van der Waals surface area contributed by atoms with Crippen LogP contribution >= 0.6 is 0 Å². The summed E-state index contributed by atoms with van der Waals surface area (Å²) in [7, 11) is 0. The SMILES string of the molecule is Cc1c(N)cccc1OC1CC(C)(C)OC1(C)C. The topological polar surface area (TPSA) is 44.5 Å². The van der Waals surface area contributed by atoms with E-state index in [1.807, 2.05) is 25.1 Å². The second-order valence-corrected chi connectivity index (χ2v) is 6.25. The summed E-state index contributed by atoms with van der Waals surface area (Å²) in [5.41, 5.74) is 7.26. The Morgan fingerprint density at radius 2 is 1.94 bits per heavy atom. The standard InChI is InChI=1S/C15H23NO2/c1-10-11(16)7-6-8-12(10)17-13-9-14(2,3)18-15(13,4)5/h6-8,13H,9,16H2,1-5H3. The highest BCUT2D eigenvalue weighted by atomic mass is 16.6. The van der Waals surface area contributed by atoms with Gasteiger partial charge in [0.15, 0.2) is 0 Å². The van der Waals surface area contributed by atoms with Crippen LogP contribution in [0.1, 0.15) is 39.7 Å². The molecular weight excluding hydrogens is 226 g/mol. The number of benzene rings is 1. The van der Waals surface area contributed by atoms with Crippen LogP contribution in [0.2, 0.25) is 0 Å². The summed E-state index contributed by atoms with van der Waals surface area (Å²) in [5, 5.41) is 0. The van der Waals surface area contributed by atoms with E-state index in [-0.39, 0.29) is 17.3 Å². The fraction of sp³-hybridized carbons (Fsp3) is 0.600. The third kappa shape index (κ3) is 2.46. The molecule has 1 unspecified atom stereocenters. The second-order valence-electron chi connectivity index (χ2n) is 6.25. The Hall–Kier alpha value is -1.22. The number of ether oxygens (including phenoxy) is 2. The van der Waals surface area contributed by atoms with Gasteiger partial charge in [-0.15, -0.1) is 0 Å². The van der Waals surface area contributed by atoms with Gasteiger partial charge in [0.25, 0.3) is 0 Å². The molecule has 0 amide bonds. The Kier molecular flexibility index (Phi) is 3.06. The number of hydrogen-bond donors (Lipinski definition) is 1. The third-order valence-electron chi connectivity index (χ3n) is 3.59. The maximum atomic E-state index is 6.13. The zero-order chi connectivity index (χ0) is 13.6. The van der Waals surface area contributed by atoms with Crippen molar-refractivity contribution < 1.29 is 9.47 Å². The Labute approximate surface area is 109 Å². The maximum Gasteiger partial charge on any atom is 0.130 e. The molecule has 1 aromatic rings. The fourth-order valence-electron chi connectivity index (χ4n) is 2.61. The first-order valence-corrected chi connectivity index (χ1v) is 6.43. The van der Waals surface area contributed by atoms with Gasteiger partial charge in [-0.25, -0.2) is 0 Å². The Morgan fingerprint density at radius 3 is 2.50 bits per heavy atom. The lowest BCUT2D eigenvalue weighted by Gasteiger charge is -2.28. The van der Waals surface area contributed by atoms with Crippen LogP contribution in [-0.4, -0.2) is 17.3 Å². The highest BCUT2D eigenvalue weighted by Gasteiger charge is 2.47. The van der Waals surface area contributed by atoms with E-state index in [0.717, 1.165) is 23.4 Å². The number of nitrogen functional groups attached to an aromatic ring is 1. The van der Waals surface area contributed by atoms with Crippen LogP contribution < -0.4 is 10.5 Å². The minimum absolute atomic E-state index is 0.0491. The molecule has 1 heterocycles. The lowest BCUT2D eigenvalue weighted by Crippen LogP contribution is -2.36. The first-order chi connectivity index (χ1) is 8.21. The van der Waals surface area contributed by atoms with Crippen molar-refractivity contribution in [3.05, 3.63) is 23.8 Å². The van der Waals surface area contributed by atoms with E-state index in [0.29, 0.717) is 0 Å². The van der Waals surface area contributed by atoms with Gasteiger partial charge in [0.1, 0.15) is 17.5 Å². The average molecular weight is 249 g/mol. The summed E-state index contributed by atoms with van der Waals surface area (Å²) >= 11 is 0. The highest BCUT2D eigenvalue weighted by Crippen LogP contribution is 2.40. The molecule has 0 spiro atoms. The van der Waals surface area contributed by atoms with Crippen LogP contribution in [-0.2, 0) is 4.74 Å². The smallest absolute Gasteiger partial charge is 0.130 e. The molecule has 1 saturated heterocycles. The van der Waals surface area contributed by atoms with Crippen molar-refractivity contribution in [2.45, 2.75) is 58.3 Å². The van der Waals surface area contributed by atoms with E-state index >= 15 is 0 Å². The predicted molar refractivity (Wildman–Crippen MR) is 73.9 cm³/mol. The predicted octanol–water partition coefficient (Wildman–Crippen LogP) is 3.30. The van der Waals surface area contributed by atoms with E-state index in [4.69, 9.17) is 15.2 Å². The van der Waals surface area contributed by atoms with E-state index < -0.39 is 0 Å². The van der Waals surface area contributed by atoms with Crippen molar-refractivity contribution in [3.8, 4) is 5.75 Å². The number of rotatable bonds is 2. The van der Waals surface area contributed by atoms with Crippen LogP contribution in [0.25, 0.3) is 0 Å². The molecule has 18 heavy (non-hydrogen) atoms. The summed E-state index contributed by atoms with van der Waals surface area (Å²) in [6.07, 6.45) is 0.932. The lowest BCUT2D eigenvalue weighted by atomic mass is 9.97. The van der Waals surface area contributed by atoms with Gasteiger partial charge in [-0.05, 0) is 46.8 Å². The zero-order valence-corrected chi connectivity index (χ0v) is 11.9. The van der Waals surface area contributed by atoms with Crippen LogP contribution in [0.5, 0.6) is 5.75 Å². The summed E-state index contributed by atoms with van der Waals surface area (Å²) < 4.78 is 12.2. The van der Waals surface area contributed by atoms with Gasteiger partial charge >= 0.3 is 0 Å². The quantitative estimate of drug-likeness (QED) is 0.818. The summed E-state index contributed by atoms with van der Waals surface area (Å²) in [4.78, 5) is 0. The van der Waals surface area contributed by atoms with Gasteiger partial charge in [0, 0.05) is 17.7 Å². The molecule has 1 aliphatic heterocycles. The van der Waals surface area contributed by atoms with Gasteiger partial charge in [0.05, 0.1) is 5.60 Å². The molecule has 1 atom stereocenters. The molecule has 1 fully saturated rings. The first kappa shape index (κ1) is 13.2. The van der Waals surface area contributed by atoms with Gasteiger partial charge in [-0.1, -0.05) is 6.07 Å². The van der Waals surface area contributed by atoms with E-state index in [2.05, 4.69) is 27.7 Å². The molecule has 0 radical (unpaired) electrons. The third-order valence-corrected chi connectivity index (χ3v) is 3.59. The van der Waals surface area contributed by atoms with Crippen LogP contribution in [0.4, 0.5) is 5.69 Å². The van der Waals surface area contributed by atoms with Crippen LogP contribution in [0.15, 0.2) is 18.2 Å². The summed E-state index contributed by atoms with van der Waals surface area (Å²) in [6.45, 7) is 10.3. The van der Waals surface area contributed by atoms with Crippen LogP contribution in [0.3, 0.4) is 0 Å². The number of anilines is 1. The monoisotopic (exact) mass is 249 g/mol. The molecule has 1 aromatic carbocycles. The maximum absolute atomic E-state index is 6.13. The largest absolute Gasteiger partial charge is 0.487 e. The lowest BCUT2D eigenvalue weighted by molar-refractivity contribution is -0.0846. The molecule has 2 N–H and O–H groups in total. The van der Waals surface area contributed by atoms with Crippen molar-refractivity contribution in [2.75, 3.05) is 5.73 Å². The fourth-order valence-corrected chi connectivity index (χ4v) is 2.61. The van der Waals surface area contributed by atoms with E-state index in [1.54, 1.807) is 0 Å². The van der Waals surface area contributed by atoms with Gasteiger partial charge in [0.2, 0.25) is 0 Å². The van der Waals surface area contributed by atoms with Gasteiger partial charge in [-0.2, -0.15) is 0 Å². The molecule has 0 bridgehead atoms. The number of hydrogen-bond acceptors (Lipinski definition) is 3. The molecule has 0 aromatic heterocycles. The Bertz CT molecular complexity index is 452.